The maximum absolute atomic E-state index is 5.41. The van der Waals surface area contributed by atoms with Crippen LogP contribution in [-0.4, -0.2) is 19.7 Å². The van der Waals surface area contributed by atoms with Gasteiger partial charge in [-0.2, -0.15) is 0 Å². The maximum Gasteiger partial charge on any atom is 0.122 e. The molecular formula is C14H19NO. The Morgan fingerprint density at radius 3 is 2.88 bits per heavy atom. The number of ether oxygens (including phenoxy) is 1. The highest BCUT2D eigenvalue weighted by molar-refractivity contribution is 5.39. The zero-order chi connectivity index (χ0) is 11.0. The SMILES string of the molecule is COc1ccccc1C1CC1CNC1CC1. The summed E-state index contributed by atoms with van der Waals surface area (Å²) < 4.78 is 5.41. The molecule has 0 saturated heterocycles. The molecule has 1 aromatic rings. The summed E-state index contributed by atoms with van der Waals surface area (Å²) >= 11 is 0. The monoisotopic (exact) mass is 217 g/mol. The van der Waals surface area contributed by atoms with Crippen LogP contribution in [-0.2, 0) is 0 Å². The number of para-hydroxylation sites is 1. The van der Waals surface area contributed by atoms with E-state index >= 15 is 0 Å². The summed E-state index contributed by atoms with van der Waals surface area (Å²) in [4.78, 5) is 0. The number of benzene rings is 1. The quantitative estimate of drug-likeness (QED) is 0.818. The lowest BCUT2D eigenvalue weighted by Crippen LogP contribution is -2.19. The van der Waals surface area contributed by atoms with Crippen molar-refractivity contribution < 1.29 is 4.74 Å². The summed E-state index contributed by atoms with van der Waals surface area (Å²) in [5.41, 5.74) is 1.40. The molecule has 2 aliphatic rings. The van der Waals surface area contributed by atoms with Crippen molar-refractivity contribution in [2.75, 3.05) is 13.7 Å². The second kappa shape index (κ2) is 4.10. The molecule has 0 heterocycles. The summed E-state index contributed by atoms with van der Waals surface area (Å²) in [6.45, 7) is 1.19. The third kappa shape index (κ3) is 2.07. The van der Waals surface area contributed by atoms with Crippen LogP contribution in [0.15, 0.2) is 24.3 Å². The second-order valence-corrected chi connectivity index (χ2v) is 5.03. The van der Waals surface area contributed by atoms with Crippen LogP contribution in [0.1, 0.15) is 30.7 Å². The molecule has 0 aliphatic heterocycles. The number of rotatable bonds is 5. The van der Waals surface area contributed by atoms with Crippen molar-refractivity contribution in [1.29, 1.82) is 0 Å². The second-order valence-electron chi connectivity index (χ2n) is 5.03. The van der Waals surface area contributed by atoms with Crippen LogP contribution in [0.4, 0.5) is 0 Å². The fraction of sp³-hybridized carbons (Fsp3) is 0.571. The van der Waals surface area contributed by atoms with Crippen LogP contribution >= 0.6 is 0 Å². The molecule has 2 fully saturated rings. The van der Waals surface area contributed by atoms with E-state index in [1.165, 1.54) is 31.4 Å². The lowest BCUT2D eigenvalue weighted by atomic mass is 10.1. The smallest absolute Gasteiger partial charge is 0.122 e. The highest BCUT2D eigenvalue weighted by Crippen LogP contribution is 2.50. The van der Waals surface area contributed by atoms with Crippen LogP contribution in [0.25, 0.3) is 0 Å². The van der Waals surface area contributed by atoms with Gasteiger partial charge >= 0.3 is 0 Å². The van der Waals surface area contributed by atoms with Crippen LogP contribution in [0.2, 0.25) is 0 Å². The Bertz CT molecular complexity index is 373. The van der Waals surface area contributed by atoms with Gasteiger partial charge in [-0.25, -0.2) is 0 Å². The first-order chi connectivity index (χ1) is 7.88. The average Bonchev–Trinajstić information content (AvgIpc) is 3.20. The Morgan fingerprint density at radius 1 is 1.31 bits per heavy atom. The average molecular weight is 217 g/mol. The molecule has 1 aromatic carbocycles. The Labute approximate surface area is 97.0 Å². The topological polar surface area (TPSA) is 21.3 Å². The minimum absolute atomic E-state index is 0.724. The molecule has 2 atom stereocenters. The highest BCUT2D eigenvalue weighted by Gasteiger charge is 2.40. The van der Waals surface area contributed by atoms with Gasteiger partial charge < -0.3 is 10.1 Å². The van der Waals surface area contributed by atoms with E-state index in [4.69, 9.17) is 4.74 Å². The molecule has 2 saturated carbocycles. The van der Waals surface area contributed by atoms with E-state index in [2.05, 4.69) is 23.5 Å². The molecule has 0 radical (unpaired) electrons. The number of methoxy groups -OCH3 is 1. The van der Waals surface area contributed by atoms with E-state index in [1.807, 2.05) is 6.07 Å². The van der Waals surface area contributed by atoms with Gasteiger partial charge in [0.05, 0.1) is 7.11 Å². The predicted octanol–water partition coefficient (Wildman–Crippen LogP) is 2.55. The molecule has 2 unspecified atom stereocenters. The molecular weight excluding hydrogens is 198 g/mol. The minimum Gasteiger partial charge on any atom is -0.496 e. The van der Waals surface area contributed by atoms with Gasteiger partial charge in [0.2, 0.25) is 0 Å². The van der Waals surface area contributed by atoms with Gasteiger partial charge in [-0.15, -0.1) is 0 Å². The molecule has 0 aromatic heterocycles. The first kappa shape index (κ1) is 10.2. The lowest BCUT2D eigenvalue weighted by molar-refractivity contribution is 0.409. The van der Waals surface area contributed by atoms with Crippen molar-refractivity contribution in [1.82, 2.24) is 5.32 Å². The molecule has 86 valence electrons. The Balaban J connectivity index is 1.60. The van der Waals surface area contributed by atoms with Gasteiger partial charge in [0.1, 0.15) is 5.75 Å². The first-order valence-corrected chi connectivity index (χ1v) is 6.25. The molecule has 16 heavy (non-hydrogen) atoms. The highest BCUT2D eigenvalue weighted by atomic mass is 16.5. The zero-order valence-electron chi connectivity index (χ0n) is 9.78. The van der Waals surface area contributed by atoms with Gasteiger partial charge in [0, 0.05) is 6.04 Å². The lowest BCUT2D eigenvalue weighted by Gasteiger charge is -2.07. The van der Waals surface area contributed by atoms with E-state index in [0.29, 0.717) is 0 Å². The van der Waals surface area contributed by atoms with E-state index in [-0.39, 0.29) is 0 Å². The summed E-state index contributed by atoms with van der Waals surface area (Å²) in [5.74, 6) is 2.61. The summed E-state index contributed by atoms with van der Waals surface area (Å²) in [5, 5.41) is 3.61. The molecule has 2 nitrogen and oxygen atoms in total. The molecule has 2 heteroatoms. The van der Waals surface area contributed by atoms with Crippen molar-refractivity contribution in [3.8, 4) is 5.75 Å². The predicted molar refractivity (Wildman–Crippen MR) is 64.9 cm³/mol. The Hall–Kier alpha value is -1.02. The number of hydrogen-bond donors (Lipinski definition) is 1. The number of nitrogens with one attached hydrogen (secondary N) is 1. The van der Waals surface area contributed by atoms with Gasteiger partial charge in [-0.05, 0) is 49.3 Å². The molecule has 0 bridgehead atoms. The molecule has 2 aliphatic carbocycles. The third-order valence-electron chi connectivity index (χ3n) is 3.71. The largest absolute Gasteiger partial charge is 0.496 e. The standard InChI is InChI=1S/C14H19NO/c1-16-14-5-3-2-4-12(14)13-8-10(13)9-15-11-6-7-11/h2-5,10-11,13,15H,6-9H2,1H3. The van der Waals surface area contributed by atoms with Crippen molar-refractivity contribution in [2.45, 2.75) is 31.2 Å². The molecule has 3 rings (SSSR count). The summed E-state index contributed by atoms with van der Waals surface area (Å²) in [6, 6.07) is 9.27. The zero-order valence-corrected chi connectivity index (χ0v) is 9.78. The van der Waals surface area contributed by atoms with E-state index < -0.39 is 0 Å². The molecule has 1 N–H and O–H groups in total. The Morgan fingerprint density at radius 2 is 2.12 bits per heavy atom. The van der Waals surface area contributed by atoms with Crippen molar-refractivity contribution in [3.05, 3.63) is 29.8 Å². The van der Waals surface area contributed by atoms with E-state index in [9.17, 15) is 0 Å². The van der Waals surface area contributed by atoms with Gasteiger partial charge in [-0.1, -0.05) is 18.2 Å². The van der Waals surface area contributed by atoms with Crippen LogP contribution in [0.5, 0.6) is 5.75 Å². The third-order valence-corrected chi connectivity index (χ3v) is 3.71. The van der Waals surface area contributed by atoms with E-state index in [1.54, 1.807) is 7.11 Å². The van der Waals surface area contributed by atoms with Crippen LogP contribution < -0.4 is 10.1 Å². The number of hydrogen-bond acceptors (Lipinski definition) is 2. The van der Waals surface area contributed by atoms with Crippen LogP contribution in [0.3, 0.4) is 0 Å². The van der Waals surface area contributed by atoms with Gasteiger partial charge in [-0.3, -0.25) is 0 Å². The fourth-order valence-electron chi connectivity index (χ4n) is 2.43. The minimum atomic E-state index is 0.724. The molecule has 0 spiro atoms. The van der Waals surface area contributed by atoms with Crippen molar-refractivity contribution in [3.63, 3.8) is 0 Å². The maximum atomic E-state index is 5.41. The van der Waals surface area contributed by atoms with Crippen LogP contribution in [0, 0.1) is 5.92 Å². The van der Waals surface area contributed by atoms with Crippen molar-refractivity contribution >= 4 is 0 Å². The fourth-order valence-corrected chi connectivity index (χ4v) is 2.43. The van der Waals surface area contributed by atoms with Gasteiger partial charge in [0.25, 0.3) is 0 Å². The first-order valence-electron chi connectivity index (χ1n) is 6.25. The van der Waals surface area contributed by atoms with E-state index in [0.717, 1.165) is 23.6 Å². The Kier molecular flexibility index (Phi) is 2.60. The van der Waals surface area contributed by atoms with Crippen molar-refractivity contribution in [2.24, 2.45) is 5.92 Å². The normalized spacial score (nSPS) is 27.8. The van der Waals surface area contributed by atoms with Gasteiger partial charge in [0.15, 0.2) is 0 Å². The summed E-state index contributed by atoms with van der Waals surface area (Å²) in [7, 11) is 1.76. The molecule has 0 amide bonds. The summed E-state index contributed by atoms with van der Waals surface area (Å²) in [6.07, 6.45) is 4.08.